The average molecular weight is 502 g/mol. The Kier molecular flexibility index (Phi) is 7.78. The summed E-state index contributed by atoms with van der Waals surface area (Å²) in [5.41, 5.74) is -0.292. The third-order valence-electron chi connectivity index (χ3n) is 6.73. The van der Waals surface area contributed by atoms with Crippen LogP contribution in [0, 0.1) is 5.92 Å². The summed E-state index contributed by atoms with van der Waals surface area (Å²) < 4.78 is 13.1. The van der Waals surface area contributed by atoms with E-state index in [0.717, 1.165) is 49.7 Å². The van der Waals surface area contributed by atoms with Crippen molar-refractivity contribution in [1.29, 1.82) is 0 Å². The first-order valence-corrected chi connectivity index (χ1v) is 11.3. The highest BCUT2D eigenvalue weighted by molar-refractivity contribution is 5.93. The molecule has 2 fully saturated rings. The Morgan fingerprint density at radius 1 is 0.906 bits per heavy atom. The van der Waals surface area contributed by atoms with E-state index in [1.54, 1.807) is 24.3 Å². The molecule has 0 radical (unpaired) electrons. The van der Waals surface area contributed by atoms with E-state index >= 15 is 0 Å². The van der Waals surface area contributed by atoms with Gasteiger partial charge in [0.25, 0.3) is 0 Å². The van der Waals surface area contributed by atoms with Crippen LogP contribution in [0.3, 0.4) is 0 Å². The summed E-state index contributed by atoms with van der Waals surface area (Å²) in [6, 6.07) is 18.3. The number of esters is 2. The lowest BCUT2D eigenvalue weighted by Crippen LogP contribution is -3.00. The van der Waals surface area contributed by atoms with E-state index in [-0.39, 0.29) is 29.0 Å². The number of carbonyl (C=O) groups excluding carboxylic acids is 2. The Bertz CT molecular complexity index is 912. The Hall–Kier alpha value is -2.18. The van der Waals surface area contributed by atoms with Gasteiger partial charge in [-0.3, -0.25) is 0 Å². The molecule has 1 aliphatic carbocycles. The van der Waals surface area contributed by atoms with Crippen LogP contribution < -0.4 is 17.0 Å². The van der Waals surface area contributed by atoms with Crippen molar-refractivity contribution in [3.63, 3.8) is 0 Å². The van der Waals surface area contributed by atoms with Gasteiger partial charge in [-0.1, -0.05) is 61.4 Å². The summed E-state index contributed by atoms with van der Waals surface area (Å²) in [5, 5.41) is 0. The van der Waals surface area contributed by atoms with Crippen molar-refractivity contribution in [2.75, 3.05) is 27.2 Å². The van der Waals surface area contributed by atoms with E-state index < -0.39 is 17.5 Å². The first-order chi connectivity index (χ1) is 14.9. The molecule has 2 aliphatic rings. The van der Waals surface area contributed by atoms with E-state index in [1.807, 2.05) is 36.4 Å². The van der Waals surface area contributed by atoms with Gasteiger partial charge in [0.05, 0.1) is 26.2 Å². The second-order valence-electron chi connectivity index (χ2n) is 9.50. The fourth-order valence-electron chi connectivity index (χ4n) is 5.06. The van der Waals surface area contributed by atoms with Gasteiger partial charge in [-0.2, -0.15) is 0 Å². The molecule has 2 aromatic rings. The highest BCUT2D eigenvalue weighted by Crippen LogP contribution is 2.45. The van der Waals surface area contributed by atoms with Gasteiger partial charge in [-0.05, 0) is 25.0 Å². The molecule has 1 aliphatic heterocycles. The SMILES string of the molecule is C[N+]1(C)CCC(OC(=O)C(OC(=O)c2ccccc2)(c2ccccc2)C2CCCC2)C1.[Br-]. The zero-order valence-electron chi connectivity index (χ0n) is 18.8. The number of hydrogen-bond acceptors (Lipinski definition) is 4. The fraction of sp³-hybridized carbons (Fsp3) is 0.462. The molecule has 0 spiro atoms. The van der Waals surface area contributed by atoms with Gasteiger partial charge in [0.1, 0.15) is 6.54 Å². The number of hydrogen-bond donors (Lipinski definition) is 0. The lowest BCUT2D eigenvalue weighted by Gasteiger charge is -2.37. The number of nitrogens with zero attached hydrogens (tertiary/aromatic N) is 1. The van der Waals surface area contributed by atoms with Gasteiger partial charge in [0.2, 0.25) is 5.60 Å². The number of rotatable bonds is 6. The maximum atomic E-state index is 13.9. The highest BCUT2D eigenvalue weighted by atomic mass is 79.9. The highest BCUT2D eigenvalue weighted by Gasteiger charge is 2.54. The molecule has 0 amide bonds. The molecule has 32 heavy (non-hydrogen) atoms. The standard InChI is InChI=1S/C26H32NO4.BrH/c1-27(2)18-17-23(19-27)30-25(29)26(22-15-9-10-16-22,21-13-7-4-8-14-21)31-24(28)20-11-5-3-6-12-20;/h3-8,11-14,22-23H,9-10,15-19H2,1-2H3;1H/q+1;/p-1. The minimum absolute atomic E-state index is 0. The maximum Gasteiger partial charge on any atom is 0.356 e. The zero-order chi connectivity index (χ0) is 21.9. The predicted octanol–water partition coefficient (Wildman–Crippen LogP) is 1.33. The Morgan fingerprint density at radius 2 is 1.50 bits per heavy atom. The minimum atomic E-state index is -1.43. The first-order valence-electron chi connectivity index (χ1n) is 11.3. The monoisotopic (exact) mass is 501 g/mol. The summed E-state index contributed by atoms with van der Waals surface area (Å²) in [4.78, 5) is 27.1. The van der Waals surface area contributed by atoms with E-state index in [1.165, 1.54) is 0 Å². The van der Waals surface area contributed by atoms with Crippen molar-refractivity contribution in [3.05, 3.63) is 71.8 Å². The van der Waals surface area contributed by atoms with Crippen LogP contribution in [0.25, 0.3) is 0 Å². The van der Waals surface area contributed by atoms with Crippen LogP contribution in [0.15, 0.2) is 60.7 Å². The normalized spacial score (nSPS) is 21.9. The average Bonchev–Trinajstić information content (AvgIpc) is 3.43. The lowest BCUT2D eigenvalue weighted by molar-refractivity contribution is -0.879. The molecule has 6 heteroatoms. The Labute approximate surface area is 201 Å². The first kappa shape index (κ1) is 24.5. The topological polar surface area (TPSA) is 52.6 Å². The van der Waals surface area contributed by atoms with E-state index in [0.29, 0.717) is 11.1 Å². The summed E-state index contributed by atoms with van der Waals surface area (Å²) in [6.07, 6.45) is 4.35. The molecule has 1 saturated carbocycles. The lowest BCUT2D eigenvalue weighted by atomic mass is 9.79. The van der Waals surface area contributed by atoms with Crippen molar-refractivity contribution in [2.24, 2.45) is 5.92 Å². The third kappa shape index (κ3) is 5.07. The van der Waals surface area contributed by atoms with Crippen LogP contribution in [0.1, 0.15) is 48.0 Å². The van der Waals surface area contributed by atoms with Gasteiger partial charge in [0, 0.05) is 17.9 Å². The quantitative estimate of drug-likeness (QED) is 0.442. The molecule has 1 heterocycles. The van der Waals surface area contributed by atoms with Crippen LogP contribution in [0.4, 0.5) is 0 Å². The van der Waals surface area contributed by atoms with Crippen molar-refractivity contribution in [1.82, 2.24) is 0 Å². The number of ether oxygens (including phenoxy) is 2. The Balaban J connectivity index is 0.00000289. The molecule has 0 aromatic heterocycles. The van der Waals surface area contributed by atoms with E-state index in [2.05, 4.69) is 14.1 Å². The van der Waals surface area contributed by atoms with Crippen molar-refractivity contribution in [3.8, 4) is 0 Å². The fourth-order valence-corrected chi connectivity index (χ4v) is 5.06. The van der Waals surface area contributed by atoms with Crippen LogP contribution in [-0.4, -0.2) is 49.7 Å². The van der Waals surface area contributed by atoms with Crippen molar-refractivity contribution < 1.29 is 40.5 Å². The molecule has 2 unspecified atom stereocenters. The van der Waals surface area contributed by atoms with Gasteiger partial charge in [-0.25, -0.2) is 9.59 Å². The van der Waals surface area contributed by atoms with Crippen LogP contribution in [0.5, 0.6) is 0 Å². The van der Waals surface area contributed by atoms with Gasteiger partial charge >= 0.3 is 11.9 Å². The summed E-state index contributed by atoms with van der Waals surface area (Å²) in [6.45, 7) is 1.73. The largest absolute Gasteiger partial charge is 1.00 e. The molecular weight excluding hydrogens is 470 g/mol. The summed E-state index contributed by atoms with van der Waals surface area (Å²) >= 11 is 0. The number of quaternary nitrogens is 1. The summed E-state index contributed by atoms with van der Waals surface area (Å²) in [7, 11) is 4.29. The second-order valence-corrected chi connectivity index (χ2v) is 9.50. The molecule has 4 rings (SSSR count). The van der Waals surface area contributed by atoms with Crippen molar-refractivity contribution in [2.45, 2.75) is 43.8 Å². The molecule has 2 aromatic carbocycles. The summed E-state index contributed by atoms with van der Waals surface area (Å²) in [5.74, 6) is -1.02. The molecule has 1 saturated heterocycles. The minimum Gasteiger partial charge on any atom is -1.00 e. The van der Waals surface area contributed by atoms with E-state index in [4.69, 9.17) is 9.47 Å². The number of benzene rings is 2. The van der Waals surface area contributed by atoms with Gasteiger partial charge in [-0.15, -0.1) is 0 Å². The Morgan fingerprint density at radius 3 is 2.06 bits per heavy atom. The molecule has 0 bridgehead atoms. The van der Waals surface area contributed by atoms with Crippen molar-refractivity contribution >= 4 is 11.9 Å². The molecule has 0 N–H and O–H groups in total. The maximum absolute atomic E-state index is 13.9. The molecule has 5 nitrogen and oxygen atoms in total. The molecular formula is C26H32BrNO4. The molecule has 2 atom stereocenters. The van der Waals surface area contributed by atoms with E-state index in [9.17, 15) is 9.59 Å². The van der Waals surface area contributed by atoms with Crippen LogP contribution in [-0.2, 0) is 19.9 Å². The molecule has 172 valence electrons. The van der Waals surface area contributed by atoms with Gasteiger partial charge < -0.3 is 30.9 Å². The smallest absolute Gasteiger partial charge is 0.356 e. The van der Waals surface area contributed by atoms with Crippen LogP contribution in [0.2, 0.25) is 0 Å². The number of likely N-dealkylation sites (tertiary alicyclic amines) is 1. The number of likely N-dealkylation sites (N-methyl/N-ethyl adjacent to an activating group) is 1. The number of carbonyl (C=O) groups is 2. The number of halogens is 1. The van der Waals surface area contributed by atoms with Crippen LogP contribution >= 0.6 is 0 Å². The second kappa shape index (κ2) is 10.2. The van der Waals surface area contributed by atoms with Gasteiger partial charge in [0.15, 0.2) is 6.10 Å². The third-order valence-corrected chi connectivity index (χ3v) is 6.73. The predicted molar refractivity (Wildman–Crippen MR) is 118 cm³/mol. The zero-order valence-corrected chi connectivity index (χ0v) is 20.4.